The molecule has 0 atom stereocenters. The number of thioether (sulfide) groups is 1. The van der Waals surface area contributed by atoms with Gasteiger partial charge >= 0.3 is 0 Å². The van der Waals surface area contributed by atoms with E-state index in [2.05, 4.69) is 21.6 Å². The number of ether oxygens (including phenoxy) is 2. The van der Waals surface area contributed by atoms with Gasteiger partial charge in [0.15, 0.2) is 15.8 Å². The van der Waals surface area contributed by atoms with Gasteiger partial charge in [0.25, 0.3) is 0 Å². The molecule has 0 unspecified atom stereocenters. The molecule has 1 aromatic heterocycles. The molecule has 8 nitrogen and oxygen atoms in total. The number of aromatic nitrogens is 2. The van der Waals surface area contributed by atoms with Crippen molar-refractivity contribution in [1.29, 1.82) is 0 Å². The van der Waals surface area contributed by atoms with Gasteiger partial charge in [-0.2, -0.15) is 0 Å². The minimum Gasteiger partial charge on any atom is -0.493 e. The van der Waals surface area contributed by atoms with Gasteiger partial charge < -0.3 is 19.7 Å². The predicted molar refractivity (Wildman–Crippen MR) is 130 cm³/mol. The highest BCUT2D eigenvalue weighted by Crippen LogP contribution is 2.30. The van der Waals surface area contributed by atoms with Gasteiger partial charge in [0.05, 0.1) is 26.4 Å². The molecule has 33 heavy (non-hydrogen) atoms. The van der Waals surface area contributed by atoms with E-state index in [1.807, 2.05) is 29.2 Å². The average molecular weight is 485 g/mol. The number of anilines is 2. The zero-order valence-electron chi connectivity index (χ0n) is 18.4. The summed E-state index contributed by atoms with van der Waals surface area (Å²) in [5.41, 5.74) is 2.99. The molecule has 1 aliphatic rings. The second-order valence-corrected chi connectivity index (χ2v) is 9.55. The Kier molecular flexibility index (Phi) is 7.46. The Bertz CT molecular complexity index is 1150. The summed E-state index contributed by atoms with van der Waals surface area (Å²) in [6.07, 6.45) is 2.12. The molecule has 1 aliphatic heterocycles. The summed E-state index contributed by atoms with van der Waals surface area (Å²) in [4.78, 5) is 27.1. The first-order valence-electron chi connectivity index (χ1n) is 10.4. The lowest BCUT2D eigenvalue weighted by Crippen LogP contribution is -2.36. The molecule has 2 aromatic carbocycles. The van der Waals surface area contributed by atoms with Crippen LogP contribution >= 0.6 is 23.1 Å². The lowest BCUT2D eigenvalue weighted by atomic mass is 10.0. The molecule has 0 fully saturated rings. The number of nitrogens with zero attached hydrogens (tertiary/aromatic N) is 3. The van der Waals surface area contributed by atoms with E-state index in [0.717, 1.165) is 30.6 Å². The Morgan fingerprint density at radius 3 is 2.76 bits per heavy atom. The summed E-state index contributed by atoms with van der Waals surface area (Å²) in [6, 6.07) is 13.4. The fraction of sp³-hybridized carbons (Fsp3) is 0.304. The summed E-state index contributed by atoms with van der Waals surface area (Å²) in [5, 5.41) is 11.3. The molecule has 0 bridgehead atoms. The van der Waals surface area contributed by atoms with Crippen molar-refractivity contribution in [3.63, 3.8) is 0 Å². The molecule has 4 rings (SSSR count). The van der Waals surface area contributed by atoms with Crippen molar-refractivity contribution >= 4 is 45.7 Å². The molecule has 1 N–H and O–H groups in total. The van der Waals surface area contributed by atoms with E-state index in [1.165, 1.54) is 28.7 Å². The predicted octanol–water partition coefficient (Wildman–Crippen LogP) is 3.81. The molecule has 0 aliphatic carbocycles. The number of carbonyl (C=O) groups is 2. The number of amides is 2. The SMILES string of the molecule is COc1ccc(CC(=O)Nc2nnc(SCC(=O)N3CCCc4ccccc43)s2)cc1OC. The second-order valence-electron chi connectivity index (χ2n) is 7.35. The van der Waals surface area contributed by atoms with Gasteiger partial charge in [-0.1, -0.05) is 47.4 Å². The highest BCUT2D eigenvalue weighted by Gasteiger charge is 2.22. The zero-order valence-corrected chi connectivity index (χ0v) is 20.0. The third-order valence-electron chi connectivity index (χ3n) is 5.20. The van der Waals surface area contributed by atoms with Gasteiger partial charge in [-0.25, -0.2) is 0 Å². The largest absolute Gasteiger partial charge is 0.493 e. The topological polar surface area (TPSA) is 93.7 Å². The van der Waals surface area contributed by atoms with E-state index >= 15 is 0 Å². The van der Waals surface area contributed by atoms with Gasteiger partial charge in [-0.3, -0.25) is 9.59 Å². The van der Waals surface area contributed by atoms with Crippen LogP contribution in [0.1, 0.15) is 17.5 Å². The highest BCUT2D eigenvalue weighted by atomic mass is 32.2. The second kappa shape index (κ2) is 10.7. The Balaban J connectivity index is 1.30. The van der Waals surface area contributed by atoms with Crippen LogP contribution in [0.15, 0.2) is 46.8 Å². The average Bonchev–Trinajstić information content (AvgIpc) is 3.29. The van der Waals surface area contributed by atoms with Gasteiger partial charge in [-0.05, 0) is 42.2 Å². The normalized spacial score (nSPS) is 12.7. The lowest BCUT2D eigenvalue weighted by Gasteiger charge is -2.29. The quantitative estimate of drug-likeness (QED) is 0.384. The van der Waals surface area contributed by atoms with Gasteiger partial charge in [0.1, 0.15) is 0 Å². The van der Waals surface area contributed by atoms with Crippen LogP contribution in [0.2, 0.25) is 0 Å². The lowest BCUT2D eigenvalue weighted by molar-refractivity contribution is -0.116. The molecule has 2 heterocycles. The monoisotopic (exact) mass is 484 g/mol. The molecular weight excluding hydrogens is 460 g/mol. The summed E-state index contributed by atoms with van der Waals surface area (Å²) >= 11 is 2.58. The van der Waals surface area contributed by atoms with E-state index in [0.29, 0.717) is 21.0 Å². The van der Waals surface area contributed by atoms with E-state index in [4.69, 9.17) is 9.47 Å². The van der Waals surface area contributed by atoms with E-state index in [-0.39, 0.29) is 24.0 Å². The molecule has 0 spiro atoms. The number of aryl methyl sites for hydroxylation is 1. The van der Waals surface area contributed by atoms with Crippen molar-refractivity contribution in [2.45, 2.75) is 23.6 Å². The van der Waals surface area contributed by atoms with Gasteiger partial charge in [0.2, 0.25) is 16.9 Å². The van der Waals surface area contributed by atoms with Crippen LogP contribution in [0.25, 0.3) is 0 Å². The highest BCUT2D eigenvalue weighted by molar-refractivity contribution is 8.01. The molecule has 0 saturated heterocycles. The fourth-order valence-corrected chi connectivity index (χ4v) is 5.30. The third-order valence-corrected chi connectivity index (χ3v) is 7.15. The van der Waals surface area contributed by atoms with Crippen LogP contribution in [0.4, 0.5) is 10.8 Å². The van der Waals surface area contributed by atoms with Crippen LogP contribution in [0, 0.1) is 0 Å². The van der Waals surface area contributed by atoms with Crippen molar-refractivity contribution in [2.75, 3.05) is 36.7 Å². The number of rotatable bonds is 8. The number of benzene rings is 2. The minimum absolute atomic E-state index is 0.0430. The molecule has 0 radical (unpaired) electrons. The van der Waals surface area contributed by atoms with Gasteiger partial charge in [-0.15, -0.1) is 10.2 Å². The Labute approximate surface area is 200 Å². The van der Waals surface area contributed by atoms with Crippen molar-refractivity contribution < 1.29 is 19.1 Å². The van der Waals surface area contributed by atoms with Crippen LogP contribution in [-0.4, -0.2) is 48.5 Å². The molecule has 2 amide bonds. The fourth-order valence-electron chi connectivity index (χ4n) is 3.65. The number of hydrogen-bond acceptors (Lipinski definition) is 8. The van der Waals surface area contributed by atoms with Crippen molar-refractivity contribution in [2.24, 2.45) is 0 Å². The van der Waals surface area contributed by atoms with E-state index in [9.17, 15) is 9.59 Å². The van der Waals surface area contributed by atoms with E-state index in [1.54, 1.807) is 26.4 Å². The van der Waals surface area contributed by atoms with E-state index < -0.39 is 0 Å². The van der Waals surface area contributed by atoms with Crippen molar-refractivity contribution in [3.8, 4) is 11.5 Å². The summed E-state index contributed by atoms with van der Waals surface area (Å²) in [5.74, 6) is 1.27. The summed E-state index contributed by atoms with van der Waals surface area (Å²) in [6.45, 7) is 0.726. The molecule has 10 heteroatoms. The van der Waals surface area contributed by atoms with Crippen molar-refractivity contribution in [1.82, 2.24) is 10.2 Å². The smallest absolute Gasteiger partial charge is 0.237 e. The first kappa shape index (κ1) is 23.1. The van der Waals surface area contributed by atoms with Crippen LogP contribution < -0.4 is 19.7 Å². The number of methoxy groups -OCH3 is 2. The number of carbonyl (C=O) groups excluding carboxylic acids is 2. The van der Waals surface area contributed by atoms with Crippen LogP contribution in [0.5, 0.6) is 11.5 Å². The standard InChI is InChI=1S/C23H24N4O4S2/c1-30-18-10-9-15(12-19(18)31-2)13-20(28)24-22-25-26-23(33-22)32-14-21(29)27-11-5-7-16-6-3-4-8-17(16)27/h3-4,6,8-10,12H,5,7,11,13-14H2,1-2H3,(H,24,25,28). The third kappa shape index (κ3) is 5.63. The molecule has 172 valence electrons. The van der Waals surface area contributed by atoms with Crippen LogP contribution in [0.3, 0.4) is 0 Å². The summed E-state index contributed by atoms with van der Waals surface area (Å²) in [7, 11) is 3.12. The minimum atomic E-state index is -0.212. The maximum atomic E-state index is 12.8. The Hall–Kier alpha value is -3.11. The zero-order chi connectivity index (χ0) is 23.2. The van der Waals surface area contributed by atoms with Gasteiger partial charge in [0, 0.05) is 12.2 Å². The number of para-hydroxylation sites is 1. The first-order valence-corrected chi connectivity index (χ1v) is 12.2. The maximum absolute atomic E-state index is 12.8. The van der Waals surface area contributed by atoms with Crippen LogP contribution in [-0.2, 0) is 22.4 Å². The maximum Gasteiger partial charge on any atom is 0.237 e. The first-order chi connectivity index (χ1) is 16.1. The number of fused-ring (bicyclic) bond motifs is 1. The summed E-state index contributed by atoms with van der Waals surface area (Å²) < 4.78 is 11.1. The Morgan fingerprint density at radius 2 is 1.94 bits per heavy atom. The molecule has 3 aromatic rings. The molecular formula is C23H24N4O4S2. The van der Waals surface area contributed by atoms with Crippen molar-refractivity contribution in [3.05, 3.63) is 53.6 Å². The molecule has 0 saturated carbocycles. The Morgan fingerprint density at radius 1 is 1.12 bits per heavy atom. The number of hydrogen-bond donors (Lipinski definition) is 1. The number of nitrogens with one attached hydrogen (secondary N) is 1.